The Bertz CT molecular complexity index is 1030. The number of carbonyl (C=O) groups is 1. The van der Waals surface area contributed by atoms with E-state index in [1.54, 1.807) is 45.0 Å². The highest BCUT2D eigenvalue weighted by molar-refractivity contribution is 8.00. The lowest BCUT2D eigenvalue weighted by molar-refractivity contribution is -0.149. The predicted molar refractivity (Wildman–Crippen MR) is 132 cm³/mol. The number of aromatic nitrogens is 2. The molecule has 1 aromatic carbocycles. The highest BCUT2D eigenvalue weighted by Gasteiger charge is 2.38. The second-order valence-electron chi connectivity index (χ2n) is 7.88. The van der Waals surface area contributed by atoms with Crippen molar-refractivity contribution in [2.45, 2.75) is 56.1 Å². The van der Waals surface area contributed by atoms with Crippen LogP contribution in [0, 0.1) is 0 Å². The number of rotatable bonds is 10. The van der Waals surface area contributed by atoms with Gasteiger partial charge < -0.3 is 19.5 Å². The number of nitrogens with two attached hydrogens (primary N) is 1. The van der Waals surface area contributed by atoms with E-state index in [0.29, 0.717) is 10.8 Å². The molecule has 5 unspecified atom stereocenters. The molecule has 2 aromatic rings. The molecule has 1 aliphatic heterocycles. The number of alkyl halides is 1. The first-order valence-corrected chi connectivity index (χ1v) is 13.1. The summed E-state index contributed by atoms with van der Waals surface area (Å²) in [5.74, 6) is 0.133. The molecule has 186 valence electrons. The normalized spacial score (nSPS) is 21.9. The summed E-state index contributed by atoms with van der Waals surface area (Å²) in [6.07, 6.45) is 0.0955. The Morgan fingerprint density at radius 3 is 2.71 bits per heavy atom. The van der Waals surface area contributed by atoms with Crippen LogP contribution in [-0.2, 0) is 14.1 Å². The number of anilines is 1. The van der Waals surface area contributed by atoms with Crippen LogP contribution in [0.4, 0.5) is 10.2 Å². The zero-order valence-corrected chi connectivity index (χ0v) is 21.4. The van der Waals surface area contributed by atoms with Crippen molar-refractivity contribution in [3.63, 3.8) is 0 Å². The van der Waals surface area contributed by atoms with E-state index < -0.39 is 37.8 Å². The smallest absolute Gasteiger partial charge is 0.350 e. The van der Waals surface area contributed by atoms with Gasteiger partial charge in [0, 0.05) is 16.5 Å². The van der Waals surface area contributed by atoms with Gasteiger partial charge in [-0.25, -0.2) is 14.3 Å². The van der Waals surface area contributed by atoms with E-state index in [1.165, 1.54) is 28.6 Å². The zero-order valence-electron chi connectivity index (χ0n) is 18.9. The molecule has 34 heavy (non-hydrogen) atoms. The number of carbonyl (C=O) groups excluding carboxylic acids is 1. The molecule has 1 fully saturated rings. The van der Waals surface area contributed by atoms with Crippen LogP contribution < -0.4 is 21.0 Å². The number of halogens is 2. The Morgan fingerprint density at radius 2 is 2.06 bits per heavy atom. The number of nitrogen functional groups attached to an aromatic ring is 1. The molecule has 9 nitrogen and oxygen atoms in total. The summed E-state index contributed by atoms with van der Waals surface area (Å²) in [6.45, 7) is 5.30. The summed E-state index contributed by atoms with van der Waals surface area (Å²) in [5.41, 5.74) is 4.92. The van der Waals surface area contributed by atoms with Gasteiger partial charge >= 0.3 is 20.2 Å². The first-order chi connectivity index (χ1) is 16.1. The third-order valence-corrected chi connectivity index (χ3v) is 7.76. The minimum absolute atomic E-state index is 0.0840. The van der Waals surface area contributed by atoms with Gasteiger partial charge in [-0.3, -0.25) is 9.36 Å². The van der Waals surface area contributed by atoms with Crippen molar-refractivity contribution in [2.75, 3.05) is 12.3 Å². The van der Waals surface area contributed by atoms with Gasteiger partial charge in [-0.1, -0.05) is 11.6 Å². The third-order valence-electron chi connectivity index (χ3n) is 4.64. The molecular weight excluding hydrogens is 506 g/mol. The van der Waals surface area contributed by atoms with Crippen LogP contribution in [-0.4, -0.2) is 45.7 Å². The largest absolute Gasteiger partial charge is 0.462 e. The van der Waals surface area contributed by atoms with Crippen LogP contribution in [0.1, 0.15) is 32.6 Å². The number of hydrogen-bond donors (Lipinski definition) is 2. The number of esters is 1. The van der Waals surface area contributed by atoms with Gasteiger partial charge in [0.2, 0.25) is 0 Å². The lowest BCUT2D eigenvalue weighted by atomic mass is 10.2. The van der Waals surface area contributed by atoms with Crippen molar-refractivity contribution >= 4 is 43.7 Å². The topological polar surface area (TPSA) is 118 Å². The van der Waals surface area contributed by atoms with Gasteiger partial charge in [-0.05, 0) is 57.5 Å². The molecule has 0 saturated carbocycles. The summed E-state index contributed by atoms with van der Waals surface area (Å²) >= 11 is 7.21. The molecule has 0 spiro atoms. The Hall–Kier alpha value is -1.91. The number of thioether (sulfide) groups is 1. The van der Waals surface area contributed by atoms with Crippen molar-refractivity contribution in [3.05, 3.63) is 52.0 Å². The third kappa shape index (κ3) is 7.55. The van der Waals surface area contributed by atoms with E-state index in [9.17, 15) is 14.0 Å². The highest BCUT2D eigenvalue weighted by atomic mass is 35.5. The van der Waals surface area contributed by atoms with E-state index in [4.69, 9.17) is 31.1 Å². The van der Waals surface area contributed by atoms with Crippen molar-refractivity contribution in [3.8, 4) is 5.75 Å². The summed E-state index contributed by atoms with van der Waals surface area (Å²) in [4.78, 5) is 28.0. The van der Waals surface area contributed by atoms with E-state index in [-0.39, 0.29) is 30.2 Å². The minimum atomic E-state index is -1.78. The van der Waals surface area contributed by atoms with Crippen LogP contribution >= 0.6 is 31.9 Å². The van der Waals surface area contributed by atoms with E-state index >= 15 is 0 Å². The van der Waals surface area contributed by atoms with E-state index in [2.05, 4.69) is 10.1 Å². The van der Waals surface area contributed by atoms with Gasteiger partial charge in [0.15, 0.2) is 0 Å². The lowest BCUT2D eigenvalue weighted by Gasteiger charge is -2.23. The molecule has 2 heterocycles. The average molecular weight is 533 g/mol. The molecule has 1 saturated heterocycles. The molecular formula is C21H27ClFN4O5PS. The first kappa shape index (κ1) is 26.7. The van der Waals surface area contributed by atoms with Crippen molar-refractivity contribution in [1.82, 2.24) is 14.6 Å². The van der Waals surface area contributed by atoms with Crippen LogP contribution in [0.5, 0.6) is 5.75 Å². The Kier molecular flexibility index (Phi) is 9.56. The van der Waals surface area contributed by atoms with Crippen molar-refractivity contribution < 1.29 is 23.0 Å². The van der Waals surface area contributed by atoms with E-state index in [1.807, 2.05) is 0 Å². The summed E-state index contributed by atoms with van der Waals surface area (Å²) in [5, 5.41) is 2.58. The molecule has 0 aliphatic carbocycles. The quantitative estimate of drug-likeness (QED) is 0.345. The number of benzene rings is 1. The number of nitrogens with one attached hydrogen (secondary N) is 1. The second-order valence-corrected chi connectivity index (χ2v) is 10.9. The molecule has 0 amide bonds. The number of hydrogen-bond acceptors (Lipinski definition) is 9. The fraction of sp³-hybridized carbons (Fsp3) is 0.476. The Labute approximate surface area is 207 Å². The molecule has 0 bridgehead atoms. The number of ether oxygens (including phenoxy) is 1. The van der Waals surface area contributed by atoms with Crippen LogP contribution in [0.15, 0.2) is 41.3 Å². The maximum absolute atomic E-state index is 14.7. The zero-order chi connectivity index (χ0) is 24.8. The molecule has 1 aliphatic rings. The average Bonchev–Trinajstić information content (AvgIpc) is 3.13. The van der Waals surface area contributed by atoms with Crippen LogP contribution in [0.25, 0.3) is 0 Å². The Morgan fingerprint density at radius 1 is 1.35 bits per heavy atom. The van der Waals surface area contributed by atoms with Gasteiger partial charge in [0.25, 0.3) is 0 Å². The van der Waals surface area contributed by atoms with Crippen molar-refractivity contribution in [1.29, 1.82) is 0 Å². The molecule has 5 atom stereocenters. The summed E-state index contributed by atoms with van der Waals surface area (Å²) < 4.78 is 33.1. The van der Waals surface area contributed by atoms with Gasteiger partial charge in [-0.2, -0.15) is 4.98 Å². The maximum atomic E-state index is 14.7. The SMILES string of the molecule is CC(C)OC(=O)C(C)NP(OCC1CC(F)C(n2ccc(N)nc2=O)S1)Oc1ccc(Cl)cc1. The molecule has 3 rings (SSSR count). The second kappa shape index (κ2) is 12.2. The van der Waals surface area contributed by atoms with Crippen LogP contribution in [0.2, 0.25) is 5.02 Å². The molecule has 1 aromatic heterocycles. The fourth-order valence-electron chi connectivity index (χ4n) is 3.05. The van der Waals surface area contributed by atoms with Crippen LogP contribution in [0.3, 0.4) is 0 Å². The molecule has 13 heteroatoms. The molecule has 0 radical (unpaired) electrons. The minimum Gasteiger partial charge on any atom is -0.462 e. The van der Waals surface area contributed by atoms with Crippen molar-refractivity contribution in [2.24, 2.45) is 0 Å². The standard InChI is InChI=1S/C21H27ClFN4O5PS/c1-12(2)31-20(28)13(3)26-33(32-15-6-4-14(22)5-7-15)30-11-16-10-17(23)19(34-16)27-9-8-18(24)25-21(27)29/h4-9,12-13,16-17,19,26H,10-11H2,1-3H3,(H2,24,25,29). The monoisotopic (exact) mass is 532 g/mol. The van der Waals surface area contributed by atoms with Gasteiger partial charge in [0.1, 0.15) is 29.2 Å². The maximum Gasteiger partial charge on any atom is 0.350 e. The van der Waals surface area contributed by atoms with E-state index in [0.717, 1.165) is 0 Å². The fourth-order valence-corrected chi connectivity index (χ4v) is 5.92. The van der Waals surface area contributed by atoms with Gasteiger partial charge in [-0.15, -0.1) is 11.8 Å². The Balaban J connectivity index is 1.65. The molecule has 3 N–H and O–H groups in total. The summed E-state index contributed by atoms with van der Waals surface area (Å²) in [7, 11) is -1.78. The summed E-state index contributed by atoms with van der Waals surface area (Å²) in [6, 6.07) is 7.46. The lowest BCUT2D eigenvalue weighted by Crippen LogP contribution is -2.35. The highest BCUT2D eigenvalue weighted by Crippen LogP contribution is 2.45. The van der Waals surface area contributed by atoms with Gasteiger partial charge in [0.05, 0.1) is 12.7 Å². The first-order valence-electron chi connectivity index (χ1n) is 10.6. The predicted octanol–water partition coefficient (Wildman–Crippen LogP) is 4.07. The number of nitrogens with zero attached hydrogens (tertiary/aromatic N) is 2.